The number of hydrogen-bond acceptors (Lipinski definition) is 5. The van der Waals surface area contributed by atoms with Gasteiger partial charge >= 0.3 is 0 Å². The summed E-state index contributed by atoms with van der Waals surface area (Å²) in [5.41, 5.74) is 2.87. The molecule has 1 aromatic carbocycles. The highest BCUT2D eigenvalue weighted by molar-refractivity contribution is 5.96. The van der Waals surface area contributed by atoms with Gasteiger partial charge in [-0.25, -0.2) is 0 Å². The quantitative estimate of drug-likeness (QED) is 0.903. The molecule has 1 fully saturated rings. The number of carbonyl (C=O) groups excluding carboxylic acids is 1. The zero-order valence-electron chi connectivity index (χ0n) is 15.5. The third-order valence-corrected chi connectivity index (χ3v) is 7.24. The first-order valence-electron chi connectivity index (χ1n) is 9.55. The van der Waals surface area contributed by atoms with Crippen LogP contribution >= 0.6 is 0 Å². The average molecular weight is 355 g/mol. The summed E-state index contributed by atoms with van der Waals surface area (Å²) in [6, 6.07) is 4.49. The van der Waals surface area contributed by atoms with Gasteiger partial charge in [0.15, 0.2) is 23.4 Å². The lowest BCUT2D eigenvalue weighted by atomic mass is 9.52. The summed E-state index contributed by atoms with van der Waals surface area (Å²) in [5, 5.41) is 11.1. The minimum Gasteiger partial charge on any atom is -0.508 e. The zero-order chi connectivity index (χ0) is 18.2. The van der Waals surface area contributed by atoms with Crippen molar-refractivity contribution in [2.24, 2.45) is 5.92 Å². The van der Waals surface area contributed by atoms with Crippen molar-refractivity contribution in [2.45, 2.75) is 50.2 Å². The van der Waals surface area contributed by atoms with E-state index in [2.05, 4.69) is 18.0 Å². The van der Waals surface area contributed by atoms with Gasteiger partial charge < -0.3 is 19.5 Å². The molecule has 5 nitrogen and oxygen atoms in total. The van der Waals surface area contributed by atoms with E-state index in [-0.39, 0.29) is 22.9 Å². The Bertz CT molecular complexity index is 845. The van der Waals surface area contributed by atoms with E-state index in [1.165, 1.54) is 11.1 Å². The molecule has 138 valence electrons. The average Bonchev–Trinajstić information content (AvgIpc) is 3.00. The normalized spacial score (nSPS) is 34.3. The third kappa shape index (κ3) is 1.72. The van der Waals surface area contributed by atoms with Crippen molar-refractivity contribution in [3.63, 3.8) is 0 Å². The van der Waals surface area contributed by atoms with E-state index in [9.17, 15) is 9.90 Å². The fourth-order valence-electron chi connectivity index (χ4n) is 6.01. The van der Waals surface area contributed by atoms with Gasteiger partial charge in [-0.15, -0.1) is 0 Å². The predicted molar refractivity (Wildman–Crippen MR) is 96.9 cm³/mol. The highest BCUT2D eigenvalue weighted by Gasteiger charge is 2.65. The van der Waals surface area contributed by atoms with Gasteiger partial charge in [0.05, 0.1) is 7.11 Å². The molecule has 0 aromatic heterocycles. The van der Waals surface area contributed by atoms with Crippen LogP contribution in [0.1, 0.15) is 37.3 Å². The fourth-order valence-corrected chi connectivity index (χ4v) is 6.01. The molecule has 0 radical (unpaired) electrons. The second-order valence-electron chi connectivity index (χ2n) is 8.12. The maximum absolute atomic E-state index is 12.5. The Balaban J connectivity index is 1.78. The van der Waals surface area contributed by atoms with E-state index < -0.39 is 6.10 Å². The van der Waals surface area contributed by atoms with Gasteiger partial charge in [0, 0.05) is 29.0 Å². The minimum absolute atomic E-state index is 0.0374. The van der Waals surface area contributed by atoms with Crippen molar-refractivity contribution in [3.05, 3.63) is 34.6 Å². The standard InChI is InChI=1S/C21H25NO4/c1-4-15(23)12-10-13-14-9-11-5-6-16(25-3)19-17(11)21(13,7-8-22(14)2)20(26-19)18(12)24/h5-6,13-14,20,24H,4,7-10H2,1-3H3/t13-,14+,20-,21-/m0/s1. The molecule has 4 atom stereocenters. The lowest BCUT2D eigenvalue weighted by Crippen LogP contribution is -2.64. The van der Waals surface area contributed by atoms with Gasteiger partial charge in [0.2, 0.25) is 0 Å². The Morgan fingerprint density at radius 3 is 2.96 bits per heavy atom. The molecular formula is C21H25NO4. The smallest absolute Gasteiger partial charge is 0.166 e. The Kier molecular flexibility index (Phi) is 3.27. The number of ketones is 1. The highest BCUT2D eigenvalue weighted by atomic mass is 16.5. The van der Waals surface area contributed by atoms with Crippen LogP contribution in [0.15, 0.2) is 23.5 Å². The summed E-state index contributed by atoms with van der Waals surface area (Å²) in [6.07, 6.45) is 2.48. The summed E-state index contributed by atoms with van der Waals surface area (Å²) in [6.45, 7) is 2.83. The minimum atomic E-state index is -0.465. The largest absolute Gasteiger partial charge is 0.508 e. The first kappa shape index (κ1) is 16.2. The zero-order valence-corrected chi connectivity index (χ0v) is 15.5. The van der Waals surface area contributed by atoms with Crippen LogP contribution in [0.25, 0.3) is 0 Å². The Morgan fingerprint density at radius 1 is 1.42 bits per heavy atom. The van der Waals surface area contributed by atoms with Gasteiger partial charge in [0.1, 0.15) is 5.76 Å². The highest BCUT2D eigenvalue weighted by Crippen LogP contribution is 2.64. The topological polar surface area (TPSA) is 59.0 Å². The number of Topliss-reactive ketones (excluding diaryl/α,β-unsaturated/α-hetero) is 1. The van der Waals surface area contributed by atoms with Crippen LogP contribution in [0.4, 0.5) is 0 Å². The SMILES string of the molecule is CCC(=O)C1=C(O)[C@@H]2Oc3c(OC)ccc4c3[C@@]23CCN(C)[C@H](C4)[C@@H]3C1. The van der Waals surface area contributed by atoms with E-state index in [1.807, 2.05) is 13.0 Å². The van der Waals surface area contributed by atoms with E-state index in [1.54, 1.807) is 7.11 Å². The molecule has 0 unspecified atom stereocenters. The van der Waals surface area contributed by atoms with Crippen LogP contribution in [-0.2, 0) is 16.6 Å². The van der Waals surface area contributed by atoms with E-state index >= 15 is 0 Å². The first-order chi connectivity index (χ1) is 12.5. The number of aliphatic hydroxyl groups excluding tert-OH is 1. The Morgan fingerprint density at radius 2 is 2.23 bits per heavy atom. The van der Waals surface area contributed by atoms with Gasteiger partial charge in [-0.2, -0.15) is 0 Å². The third-order valence-electron chi connectivity index (χ3n) is 7.24. The fraction of sp³-hybridized carbons (Fsp3) is 0.571. The van der Waals surface area contributed by atoms with Crippen molar-refractivity contribution in [1.82, 2.24) is 4.90 Å². The Labute approximate surface area is 153 Å². The molecule has 2 aliphatic heterocycles. The number of aliphatic hydroxyl groups is 1. The molecular weight excluding hydrogens is 330 g/mol. The van der Waals surface area contributed by atoms with Crippen LogP contribution in [0.5, 0.6) is 11.5 Å². The number of benzene rings is 1. The summed E-state index contributed by atoms with van der Waals surface area (Å²) in [7, 11) is 3.83. The van der Waals surface area contributed by atoms with Gasteiger partial charge in [-0.05, 0) is 50.4 Å². The number of carbonyl (C=O) groups is 1. The molecule has 26 heavy (non-hydrogen) atoms. The van der Waals surface area contributed by atoms with Gasteiger partial charge in [0.25, 0.3) is 0 Å². The van der Waals surface area contributed by atoms with Crippen LogP contribution in [0.2, 0.25) is 0 Å². The monoisotopic (exact) mass is 355 g/mol. The van der Waals surface area contributed by atoms with Crippen molar-refractivity contribution in [2.75, 3.05) is 20.7 Å². The molecule has 1 spiro atoms. The maximum atomic E-state index is 12.5. The van der Waals surface area contributed by atoms with E-state index in [0.717, 1.165) is 30.9 Å². The number of likely N-dealkylation sites (N-methyl/N-ethyl adjacent to an activating group) is 1. The number of rotatable bonds is 3. The van der Waals surface area contributed by atoms with Crippen molar-refractivity contribution >= 4 is 5.78 Å². The molecule has 5 heteroatoms. The number of piperidine rings is 1. The second-order valence-corrected chi connectivity index (χ2v) is 8.12. The number of ether oxygens (including phenoxy) is 2. The second kappa shape index (κ2) is 5.26. The molecule has 0 amide bonds. The molecule has 1 saturated heterocycles. The molecule has 2 heterocycles. The lowest BCUT2D eigenvalue weighted by Gasteiger charge is -2.57. The van der Waals surface area contributed by atoms with Crippen molar-refractivity contribution in [3.8, 4) is 11.5 Å². The van der Waals surface area contributed by atoms with Gasteiger partial charge in [-0.3, -0.25) is 4.79 Å². The molecule has 0 saturated carbocycles. The summed E-state index contributed by atoms with van der Waals surface area (Å²) >= 11 is 0. The maximum Gasteiger partial charge on any atom is 0.166 e. The van der Waals surface area contributed by atoms with E-state index in [4.69, 9.17) is 9.47 Å². The first-order valence-corrected chi connectivity index (χ1v) is 9.55. The summed E-state index contributed by atoms with van der Waals surface area (Å²) < 4.78 is 11.9. The van der Waals surface area contributed by atoms with Crippen LogP contribution < -0.4 is 9.47 Å². The molecule has 2 aliphatic carbocycles. The number of allylic oxidation sites excluding steroid dienone is 1. The van der Waals surface area contributed by atoms with Crippen LogP contribution in [-0.4, -0.2) is 48.6 Å². The molecule has 2 bridgehead atoms. The number of likely N-dealkylation sites (tertiary alicyclic amines) is 1. The molecule has 1 aromatic rings. The van der Waals surface area contributed by atoms with Crippen molar-refractivity contribution < 1.29 is 19.4 Å². The van der Waals surface area contributed by atoms with Gasteiger partial charge in [-0.1, -0.05) is 13.0 Å². The van der Waals surface area contributed by atoms with E-state index in [0.29, 0.717) is 24.5 Å². The van der Waals surface area contributed by atoms with Crippen molar-refractivity contribution in [1.29, 1.82) is 0 Å². The molecule has 4 aliphatic rings. The van der Waals surface area contributed by atoms with Crippen LogP contribution in [0.3, 0.4) is 0 Å². The van der Waals surface area contributed by atoms with Crippen LogP contribution in [0, 0.1) is 5.92 Å². The summed E-state index contributed by atoms with van der Waals surface area (Å²) in [5.74, 6) is 1.98. The molecule has 5 rings (SSSR count). The predicted octanol–water partition coefficient (Wildman–Crippen LogP) is 2.77. The number of nitrogens with zero attached hydrogens (tertiary/aromatic N) is 1. The summed E-state index contributed by atoms with van der Waals surface area (Å²) in [4.78, 5) is 15.0. The number of methoxy groups -OCH3 is 1. The molecule has 1 N–H and O–H groups in total. The lowest BCUT2D eigenvalue weighted by molar-refractivity contribution is -0.117. The number of hydrogen-bond donors (Lipinski definition) is 1. The Hall–Kier alpha value is -2.01.